The number of rotatable bonds is 4. The van der Waals surface area contributed by atoms with Crippen molar-refractivity contribution in [3.05, 3.63) is 94.5 Å². The van der Waals surface area contributed by atoms with Crippen LogP contribution in [0.5, 0.6) is 5.75 Å². The third kappa shape index (κ3) is 2.76. The standard InChI is InChI=1S/C29H27NO3/c1-4-33-19-12-10-18(11-13-19)30-28(31)26-24-20-7-5-6-8-21(20)25(27(26)29(30)32)23-15-17(16(2)3)9-14-22(23)24/h5-16,24-27H,4H2,1-3H3/t24-,25-,26-,27-/m1/s1. The molecule has 3 aromatic carbocycles. The second-order valence-electron chi connectivity index (χ2n) is 9.62. The van der Waals surface area contributed by atoms with Gasteiger partial charge in [-0.3, -0.25) is 9.59 Å². The number of benzene rings is 3. The molecule has 1 aliphatic heterocycles. The minimum Gasteiger partial charge on any atom is -0.494 e. The van der Waals surface area contributed by atoms with E-state index >= 15 is 0 Å². The largest absolute Gasteiger partial charge is 0.494 e. The molecule has 0 aromatic heterocycles. The lowest BCUT2D eigenvalue weighted by Gasteiger charge is -2.46. The summed E-state index contributed by atoms with van der Waals surface area (Å²) in [5.41, 5.74) is 6.73. The van der Waals surface area contributed by atoms with E-state index in [9.17, 15) is 9.59 Å². The normalized spacial score (nSPS) is 24.7. The average molecular weight is 438 g/mol. The van der Waals surface area contributed by atoms with Gasteiger partial charge in [-0.25, -0.2) is 4.90 Å². The summed E-state index contributed by atoms with van der Waals surface area (Å²) in [5, 5.41) is 0. The highest BCUT2D eigenvalue weighted by atomic mass is 16.5. The number of carbonyl (C=O) groups excluding carboxylic acids is 2. The Kier molecular flexibility index (Phi) is 4.48. The van der Waals surface area contributed by atoms with Gasteiger partial charge < -0.3 is 4.74 Å². The number of hydrogen-bond acceptors (Lipinski definition) is 3. The highest BCUT2D eigenvalue weighted by molar-refractivity contribution is 6.23. The molecule has 1 heterocycles. The van der Waals surface area contributed by atoms with E-state index in [1.165, 1.54) is 32.7 Å². The zero-order valence-corrected chi connectivity index (χ0v) is 19.1. The zero-order chi connectivity index (χ0) is 22.9. The molecule has 1 fully saturated rings. The topological polar surface area (TPSA) is 46.6 Å². The van der Waals surface area contributed by atoms with Gasteiger partial charge in [-0.1, -0.05) is 56.3 Å². The summed E-state index contributed by atoms with van der Waals surface area (Å²) in [7, 11) is 0. The number of imide groups is 1. The van der Waals surface area contributed by atoms with Crippen molar-refractivity contribution >= 4 is 17.5 Å². The number of hydrogen-bond donors (Lipinski definition) is 0. The second-order valence-corrected chi connectivity index (χ2v) is 9.62. The molecule has 2 bridgehead atoms. The fourth-order valence-electron chi connectivity index (χ4n) is 6.22. The Morgan fingerprint density at radius 1 is 0.788 bits per heavy atom. The van der Waals surface area contributed by atoms with E-state index in [0.717, 1.165) is 5.75 Å². The van der Waals surface area contributed by atoms with Crippen molar-refractivity contribution in [3.63, 3.8) is 0 Å². The molecule has 3 aromatic rings. The fourth-order valence-corrected chi connectivity index (χ4v) is 6.22. The summed E-state index contributed by atoms with van der Waals surface area (Å²) < 4.78 is 5.54. The van der Waals surface area contributed by atoms with Crippen LogP contribution in [0.25, 0.3) is 0 Å². The molecule has 0 saturated carbocycles. The molecule has 2 amide bonds. The first-order valence-electron chi connectivity index (χ1n) is 11.8. The third-order valence-corrected chi connectivity index (χ3v) is 7.64. The molecule has 0 N–H and O–H groups in total. The molecule has 7 rings (SSSR count). The van der Waals surface area contributed by atoms with Gasteiger partial charge in [0.2, 0.25) is 11.8 Å². The summed E-state index contributed by atoms with van der Waals surface area (Å²) >= 11 is 0. The molecule has 4 atom stereocenters. The number of ether oxygens (including phenoxy) is 1. The Balaban J connectivity index is 1.49. The molecule has 0 radical (unpaired) electrons. The Hall–Kier alpha value is -3.40. The summed E-state index contributed by atoms with van der Waals surface area (Å²) in [6, 6.07) is 22.3. The van der Waals surface area contributed by atoms with Gasteiger partial charge in [-0.2, -0.15) is 0 Å². The van der Waals surface area contributed by atoms with E-state index in [1.54, 1.807) is 0 Å². The van der Waals surface area contributed by atoms with Crippen molar-refractivity contribution in [2.24, 2.45) is 11.8 Å². The van der Waals surface area contributed by atoms with Crippen molar-refractivity contribution in [3.8, 4) is 5.75 Å². The van der Waals surface area contributed by atoms with Crippen LogP contribution < -0.4 is 9.64 Å². The van der Waals surface area contributed by atoms with Gasteiger partial charge >= 0.3 is 0 Å². The zero-order valence-electron chi connectivity index (χ0n) is 19.1. The third-order valence-electron chi connectivity index (χ3n) is 7.64. The van der Waals surface area contributed by atoms with Gasteiger partial charge in [0.25, 0.3) is 0 Å². The molecule has 3 aliphatic carbocycles. The minimum absolute atomic E-state index is 0.0840. The van der Waals surface area contributed by atoms with E-state index in [0.29, 0.717) is 18.2 Å². The summed E-state index contributed by atoms with van der Waals surface area (Å²) in [6.45, 7) is 6.89. The van der Waals surface area contributed by atoms with Crippen molar-refractivity contribution < 1.29 is 14.3 Å². The maximum absolute atomic E-state index is 13.9. The van der Waals surface area contributed by atoms with E-state index in [4.69, 9.17) is 4.74 Å². The van der Waals surface area contributed by atoms with Crippen LogP contribution in [0.15, 0.2) is 66.7 Å². The van der Waals surface area contributed by atoms with Crippen LogP contribution in [-0.2, 0) is 9.59 Å². The Morgan fingerprint density at radius 3 is 1.94 bits per heavy atom. The van der Waals surface area contributed by atoms with Gasteiger partial charge in [0.15, 0.2) is 0 Å². The predicted molar refractivity (Wildman–Crippen MR) is 128 cm³/mol. The maximum Gasteiger partial charge on any atom is 0.238 e. The molecule has 0 unspecified atom stereocenters. The first-order chi connectivity index (χ1) is 16.0. The van der Waals surface area contributed by atoms with Crippen LogP contribution in [0.3, 0.4) is 0 Å². The number of anilines is 1. The highest BCUT2D eigenvalue weighted by Crippen LogP contribution is 2.61. The van der Waals surface area contributed by atoms with Gasteiger partial charge in [-0.05, 0) is 64.9 Å². The maximum atomic E-state index is 13.9. The molecule has 4 nitrogen and oxygen atoms in total. The second kappa shape index (κ2) is 7.31. The van der Waals surface area contributed by atoms with Gasteiger partial charge in [0.05, 0.1) is 24.1 Å². The van der Waals surface area contributed by atoms with Crippen molar-refractivity contribution in [1.82, 2.24) is 0 Å². The number of nitrogens with zero attached hydrogens (tertiary/aromatic N) is 1. The molecule has 0 spiro atoms. The van der Waals surface area contributed by atoms with Crippen molar-refractivity contribution in [1.29, 1.82) is 0 Å². The Morgan fingerprint density at radius 2 is 1.36 bits per heavy atom. The Bertz CT molecular complexity index is 1280. The number of amides is 2. The van der Waals surface area contributed by atoms with Crippen molar-refractivity contribution in [2.75, 3.05) is 11.5 Å². The lowest BCUT2D eigenvalue weighted by atomic mass is 9.54. The lowest BCUT2D eigenvalue weighted by molar-refractivity contribution is -0.122. The molecular weight excluding hydrogens is 410 g/mol. The van der Waals surface area contributed by atoms with E-state index in [-0.39, 0.29) is 35.5 Å². The van der Waals surface area contributed by atoms with Crippen LogP contribution in [0.4, 0.5) is 5.69 Å². The van der Waals surface area contributed by atoms with Crippen LogP contribution in [-0.4, -0.2) is 18.4 Å². The molecular formula is C29H27NO3. The van der Waals surface area contributed by atoms with Crippen LogP contribution >= 0.6 is 0 Å². The fraction of sp³-hybridized carbons (Fsp3) is 0.310. The molecule has 4 heteroatoms. The van der Waals surface area contributed by atoms with Gasteiger partial charge in [0.1, 0.15) is 5.75 Å². The summed E-state index contributed by atoms with van der Waals surface area (Å²) in [5.74, 6) is 0.0734. The Labute approximate surface area is 194 Å². The first-order valence-corrected chi connectivity index (χ1v) is 11.8. The quantitative estimate of drug-likeness (QED) is 0.499. The average Bonchev–Trinajstić information content (AvgIpc) is 3.10. The van der Waals surface area contributed by atoms with E-state index in [2.05, 4.69) is 44.2 Å². The highest BCUT2D eigenvalue weighted by Gasteiger charge is 2.61. The van der Waals surface area contributed by atoms with E-state index < -0.39 is 0 Å². The molecule has 33 heavy (non-hydrogen) atoms. The monoisotopic (exact) mass is 437 g/mol. The predicted octanol–water partition coefficient (Wildman–Crippen LogP) is 5.61. The van der Waals surface area contributed by atoms with Crippen molar-refractivity contribution in [2.45, 2.75) is 38.5 Å². The minimum atomic E-state index is -0.362. The number of carbonyl (C=O) groups is 2. The molecule has 4 aliphatic rings. The van der Waals surface area contributed by atoms with E-state index in [1.807, 2.05) is 43.3 Å². The van der Waals surface area contributed by atoms with Gasteiger partial charge in [-0.15, -0.1) is 0 Å². The molecule has 1 saturated heterocycles. The van der Waals surface area contributed by atoms with Gasteiger partial charge in [0, 0.05) is 11.8 Å². The first kappa shape index (κ1) is 20.2. The van der Waals surface area contributed by atoms with Crippen LogP contribution in [0, 0.1) is 11.8 Å². The lowest BCUT2D eigenvalue weighted by Crippen LogP contribution is -2.41. The summed E-state index contributed by atoms with van der Waals surface area (Å²) in [4.78, 5) is 29.1. The van der Waals surface area contributed by atoms with Crippen LogP contribution in [0.2, 0.25) is 0 Å². The SMILES string of the molecule is CCOc1ccc(N2C(=O)[C@@H]3[C@@H]4c5ccccc5[C@H](c5cc(C(C)C)ccc54)[C@H]3C2=O)cc1. The van der Waals surface area contributed by atoms with Crippen LogP contribution in [0.1, 0.15) is 66.3 Å². The summed E-state index contributed by atoms with van der Waals surface area (Å²) in [6.07, 6.45) is 0. The smallest absolute Gasteiger partial charge is 0.238 e. The molecule has 166 valence electrons.